The first kappa shape index (κ1) is 20.7. The Labute approximate surface area is 184 Å². The molecule has 2 aromatic carbocycles. The third-order valence-corrected chi connectivity index (χ3v) is 6.55. The molecule has 0 fully saturated rings. The molecule has 3 atom stereocenters. The number of allylic oxidation sites excluding steroid dienone is 2. The third-order valence-electron chi connectivity index (χ3n) is 6.55. The zero-order valence-electron chi connectivity index (χ0n) is 17.7. The summed E-state index contributed by atoms with van der Waals surface area (Å²) in [6.45, 7) is 2.29. The number of benzene rings is 2. The highest BCUT2D eigenvalue weighted by Gasteiger charge is 2.34. The molecule has 1 unspecified atom stereocenters. The van der Waals surface area contributed by atoms with Crippen molar-refractivity contribution in [2.75, 3.05) is 0 Å². The Hall–Kier alpha value is -3.56. The van der Waals surface area contributed by atoms with Crippen LogP contribution in [0.2, 0.25) is 0 Å². The molecule has 3 heteroatoms. The first-order valence-corrected chi connectivity index (χ1v) is 10.9. The van der Waals surface area contributed by atoms with Crippen molar-refractivity contribution in [3.8, 4) is 12.1 Å². The lowest BCUT2D eigenvalue weighted by atomic mass is 9.69. The minimum Gasteiger partial charge on any atom is -0.469 e. The van der Waals surface area contributed by atoms with Crippen LogP contribution in [0.15, 0.2) is 83.5 Å². The van der Waals surface area contributed by atoms with Gasteiger partial charge in [-0.25, -0.2) is 0 Å². The second kappa shape index (κ2) is 9.50. The Morgan fingerprint density at radius 3 is 1.94 bits per heavy atom. The second-order valence-corrected chi connectivity index (χ2v) is 8.43. The Morgan fingerprint density at radius 1 is 0.839 bits per heavy atom. The Balaban J connectivity index is 1.71. The van der Waals surface area contributed by atoms with E-state index in [1.54, 1.807) is 6.26 Å². The van der Waals surface area contributed by atoms with Crippen molar-refractivity contribution in [2.45, 2.75) is 32.1 Å². The van der Waals surface area contributed by atoms with Gasteiger partial charge in [-0.3, -0.25) is 0 Å². The minimum absolute atomic E-state index is 0.215. The summed E-state index contributed by atoms with van der Waals surface area (Å²) in [6, 6.07) is 29.3. The van der Waals surface area contributed by atoms with Crippen LogP contribution in [0.1, 0.15) is 49.0 Å². The fraction of sp³-hybridized carbons (Fsp3) is 0.286. The third kappa shape index (κ3) is 4.47. The second-order valence-electron chi connectivity index (χ2n) is 8.43. The zero-order chi connectivity index (χ0) is 21.6. The van der Waals surface area contributed by atoms with Gasteiger partial charge >= 0.3 is 0 Å². The summed E-state index contributed by atoms with van der Waals surface area (Å²) in [5.74, 6) is 0.616. The fourth-order valence-electron chi connectivity index (χ4n) is 4.83. The van der Waals surface area contributed by atoms with Crippen molar-refractivity contribution in [3.05, 3.63) is 95.9 Å². The molecule has 0 aliphatic heterocycles. The maximum absolute atomic E-state index is 9.59. The average molecular weight is 407 g/mol. The first-order valence-electron chi connectivity index (χ1n) is 10.9. The molecule has 1 aromatic heterocycles. The van der Waals surface area contributed by atoms with Crippen molar-refractivity contribution in [1.29, 1.82) is 10.5 Å². The molecule has 0 saturated heterocycles. The molecule has 0 N–H and O–H groups in total. The molecule has 31 heavy (non-hydrogen) atoms. The maximum Gasteiger partial charge on any atom is 0.143 e. The summed E-state index contributed by atoms with van der Waals surface area (Å²) < 4.78 is 5.64. The van der Waals surface area contributed by atoms with E-state index in [4.69, 9.17) is 4.42 Å². The SMILES string of the molecule is C[C@H]1CC(c2ccccc2)=C(c2ccccc2)C[C@H]1CC(c1ccco1)C(C#N)C#N. The lowest BCUT2D eigenvalue weighted by Crippen LogP contribution is -2.23. The molecule has 0 bridgehead atoms. The summed E-state index contributed by atoms with van der Waals surface area (Å²) in [5.41, 5.74) is 5.31. The van der Waals surface area contributed by atoms with Crippen molar-refractivity contribution in [3.63, 3.8) is 0 Å². The van der Waals surface area contributed by atoms with Crippen molar-refractivity contribution in [2.24, 2.45) is 17.8 Å². The topological polar surface area (TPSA) is 60.7 Å². The van der Waals surface area contributed by atoms with Gasteiger partial charge in [0.1, 0.15) is 11.7 Å². The Kier molecular flexibility index (Phi) is 6.34. The van der Waals surface area contributed by atoms with Gasteiger partial charge in [0.15, 0.2) is 0 Å². The molecular weight excluding hydrogens is 380 g/mol. The van der Waals surface area contributed by atoms with Crippen LogP contribution in [0.4, 0.5) is 0 Å². The number of nitriles is 2. The zero-order valence-corrected chi connectivity index (χ0v) is 17.7. The van der Waals surface area contributed by atoms with E-state index in [1.165, 1.54) is 22.3 Å². The highest BCUT2D eigenvalue weighted by Crippen LogP contribution is 2.47. The molecular formula is C28H26N2O. The van der Waals surface area contributed by atoms with E-state index in [1.807, 2.05) is 18.2 Å². The van der Waals surface area contributed by atoms with Crippen molar-refractivity contribution >= 4 is 11.1 Å². The average Bonchev–Trinajstić information content (AvgIpc) is 3.36. The largest absolute Gasteiger partial charge is 0.469 e. The number of furan rings is 1. The van der Waals surface area contributed by atoms with Crippen LogP contribution in [0.3, 0.4) is 0 Å². The smallest absolute Gasteiger partial charge is 0.143 e. The lowest BCUT2D eigenvalue weighted by molar-refractivity contribution is 0.286. The standard InChI is InChI=1S/C28H26N2O/c1-20-15-25(21-9-4-2-5-10-21)26(22-11-6-3-7-12-22)16-23(20)17-27(24(18-29)19-30)28-13-8-14-31-28/h2-14,20,23-24,27H,15-17H2,1H3/t20-,23-,27?/m0/s1. The molecule has 0 saturated carbocycles. The minimum atomic E-state index is -0.710. The molecule has 4 rings (SSSR count). The normalized spacial score (nSPS) is 19.6. The molecule has 3 nitrogen and oxygen atoms in total. The Morgan fingerprint density at radius 2 is 1.42 bits per heavy atom. The first-order chi connectivity index (χ1) is 15.2. The van der Waals surface area contributed by atoms with Gasteiger partial charge in [-0.15, -0.1) is 0 Å². The van der Waals surface area contributed by atoms with Crippen LogP contribution in [-0.4, -0.2) is 0 Å². The predicted octanol–water partition coefficient (Wildman–Crippen LogP) is 7.07. The molecule has 0 radical (unpaired) electrons. The molecule has 1 heterocycles. The van der Waals surface area contributed by atoms with E-state index in [9.17, 15) is 10.5 Å². The Bertz CT molecular complexity index is 1090. The monoisotopic (exact) mass is 406 g/mol. The van der Waals surface area contributed by atoms with E-state index < -0.39 is 5.92 Å². The van der Waals surface area contributed by atoms with Gasteiger partial charge in [-0.2, -0.15) is 10.5 Å². The van der Waals surface area contributed by atoms with Crippen molar-refractivity contribution in [1.82, 2.24) is 0 Å². The van der Waals surface area contributed by atoms with Gasteiger partial charge in [0.25, 0.3) is 0 Å². The van der Waals surface area contributed by atoms with Gasteiger partial charge in [-0.05, 0) is 65.5 Å². The van der Waals surface area contributed by atoms with Crippen LogP contribution in [0, 0.1) is 40.4 Å². The van der Waals surface area contributed by atoms with Gasteiger partial charge in [0, 0.05) is 5.92 Å². The van der Waals surface area contributed by atoms with E-state index in [2.05, 4.69) is 73.7 Å². The van der Waals surface area contributed by atoms with Gasteiger partial charge < -0.3 is 4.42 Å². The van der Waals surface area contributed by atoms with Crippen LogP contribution in [0.5, 0.6) is 0 Å². The van der Waals surface area contributed by atoms with Crippen LogP contribution < -0.4 is 0 Å². The van der Waals surface area contributed by atoms with E-state index >= 15 is 0 Å². The highest BCUT2D eigenvalue weighted by atomic mass is 16.3. The van der Waals surface area contributed by atoms with Crippen molar-refractivity contribution < 1.29 is 4.42 Å². The summed E-state index contributed by atoms with van der Waals surface area (Å²) in [7, 11) is 0. The number of nitrogens with zero attached hydrogens (tertiary/aromatic N) is 2. The molecule has 1 aliphatic carbocycles. The number of rotatable bonds is 6. The predicted molar refractivity (Wildman–Crippen MR) is 122 cm³/mol. The van der Waals surface area contributed by atoms with Gasteiger partial charge in [-0.1, -0.05) is 67.6 Å². The summed E-state index contributed by atoms with van der Waals surface area (Å²) in [6.07, 6.45) is 4.30. The lowest BCUT2D eigenvalue weighted by Gasteiger charge is -2.35. The molecule has 1 aliphatic rings. The summed E-state index contributed by atoms with van der Waals surface area (Å²) in [4.78, 5) is 0. The highest BCUT2D eigenvalue weighted by molar-refractivity contribution is 5.91. The number of hydrogen-bond acceptors (Lipinski definition) is 3. The van der Waals surface area contributed by atoms with Crippen LogP contribution in [-0.2, 0) is 0 Å². The molecule has 154 valence electrons. The van der Waals surface area contributed by atoms with Crippen LogP contribution in [0.25, 0.3) is 11.1 Å². The summed E-state index contributed by atoms with van der Waals surface area (Å²) >= 11 is 0. The number of hydrogen-bond donors (Lipinski definition) is 0. The van der Waals surface area contributed by atoms with Gasteiger partial charge in [0.2, 0.25) is 0 Å². The van der Waals surface area contributed by atoms with E-state index in [0.29, 0.717) is 11.8 Å². The maximum atomic E-state index is 9.59. The van der Waals surface area contributed by atoms with Crippen LogP contribution >= 0.6 is 0 Å². The summed E-state index contributed by atoms with van der Waals surface area (Å²) in [5, 5.41) is 19.2. The quantitative estimate of drug-likeness (QED) is 0.439. The van der Waals surface area contributed by atoms with E-state index in [0.717, 1.165) is 25.0 Å². The van der Waals surface area contributed by atoms with E-state index in [-0.39, 0.29) is 5.92 Å². The molecule has 3 aromatic rings. The molecule has 0 spiro atoms. The molecule has 0 amide bonds. The van der Waals surface area contributed by atoms with Gasteiger partial charge in [0.05, 0.1) is 18.4 Å². The fourth-order valence-corrected chi connectivity index (χ4v) is 4.83.